The molecule has 2 aliphatic rings. The van der Waals surface area contributed by atoms with E-state index in [2.05, 4.69) is 40.5 Å². The largest absolute Gasteiger partial charge is 0.311 e. The molecule has 0 spiro atoms. The lowest BCUT2D eigenvalue weighted by atomic mass is 10.1. The highest BCUT2D eigenvalue weighted by Gasteiger charge is 2.24. The van der Waals surface area contributed by atoms with Gasteiger partial charge >= 0.3 is 0 Å². The number of rotatable bonds is 5. The van der Waals surface area contributed by atoms with Crippen molar-refractivity contribution in [1.29, 1.82) is 0 Å². The smallest absolute Gasteiger partial charge is 0.0234 e. The summed E-state index contributed by atoms with van der Waals surface area (Å²) in [6.07, 6.45) is 5.79. The van der Waals surface area contributed by atoms with Crippen molar-refractivity contribution in [3.63, 3.8) is 0 Å². The Labute approximate surface area is 110 Å². The van der Waals surface area contributed by atoms with Gasteiger partial charge < -0.3 is 5.32 Å². The summed E-state index contributed by atoms with van der Waals surface area (Å²) in [7, 11) is 0. The average Bonchev–Trinajstić information content (AvgIpc) is 3.22. The second-order valence-electron chi connectivity index (χ2n) is 5.89. The normalized spacial score (nSPS) is 25.2. The first-order valence-electron chi connectivity index (χ1n) is 7.40. The molecule has 2 fully saturated rings. The summed E-state index contributed by atoms with van der Waals surface area (Å²) >= 11 is 0. The van der Waals surface area contributed by atoms with Gasteiger partial charge in [0.1, 0.15) is 0 Å². The van der Waals surface area contributed by atoms with E-state index in [9.17, 15) is 0 Å². The fourth-order valence-corrected chi connectivity index (χ4v) is 2.92. The van der Waals surface area contributed by atoms with Crippen molar-refractivity contribution in [2.45, 2.75) is 38.3 Å². The van der Waals surface area contributed by atoms with Gasteiger partial charge in [-0.1, -0.05) is 43.2 Å². The summed E-state index contributed by atoms with van der Waals surface area (Å²) in [4.78, 5) is 2.60. The van der Waals surface area contributed by atoms with E-state index in [1.807, 2.05) is 0 Å². The molecule has 1 aromatic rings. The third-order valence-electron chi connectivity index (χ3n) is 4.21. The molecule has 1 aliphatic heterocycles. The van der Waals surface area contributed by atoms with Gasteiger partial charge in [-0.25, -0.2) is 0 Å². The summed E-state index contributed by atoms with van der Waals surface area (Å²) in [5, 5.41) is 3.68. The van der Waals surface area contributed by atoms with Gasteiger partial charge in [0.15, 0.2) is 0 Å². The Hall–Kier alpha value is -0.860. The van der Waals surface area contributed by atoms with Crippen LogP contribution in [0.25, 0.3) is 0 Å². The quantitative estimate of drug-likeness (QED) is 0.856. The van der Waals surface area contributed by atoms with Crippen molar-refractivity contribution < 1.29 is 0 Å². The van der Waals surface area contributed by atoms with Crippen LogP contribution in [0.4, 0.5) is 0 Å². The Kier molecular flexibility index (Phi) is 3.96. The maximum absolute atomic E-state index is 3.68. The molecule has 2 nitrogen and oxygen atoms in total. The van der Waals surface area contributed by atoms with Crippen LogP contribution in [0.3, 0.4) is 0 Å². The lowest BCUT2D eigenvalue weighted by Gasteiger charge is -2.33. The van der Waals surface area contributed by atoms with Crippen LogP contribution in [0.15, 0.2) is 30.3 Å². The second-order valence-corrected chi connectivity index (χ2v) is 5.89. The van der Waals surface area contributed by atoms with Gasteiger partial charge in [-0.2, -0.15) is 0 Å². The summed E-state index contributed by atoms with van der Waals surface area (Å²) in [5.74, 6) is 1.07. The van der Waals surface area contributed by atoms with E-state index in [0.717, 1.165) is 25.0 Å². The molecule has 1 heterocycles. The number of benzene rings is 1. The molecule has 0 aromatic heterocycles. The van der Waals surface area contributed by atoms with E-state index in [0.29, 0.717) is 0 Å². The van der Waals surface area contributed by atoms with E-state index in [-0.39, 0.29) is 0 Å². The van der Waals surface area contributed by atoms with Gasteiger partial charge in [0.25, 0.3) is 0 Å². The van der Waals surface area contributed by atoms with Gasteiger partial charge in [0.2, 0.25) is 0 Å². The summed E-state index contributed by atoms with van der Waals surface area (Å²) in [6, 6.07) is 11.6. The Morgan fingerprint density at radius 1 is 1.11 bits per heavy atom. The molecule has 0 amide bonds. The molecule has 1 aliphatic carbocycles. The first-order chi connectivity index (χ1) is 8.90. The molecule has 98 valence electrons. The minimum Gasteiger partial charge on any atom is -0.311 e. The molecule has 2 heteroatoms. The number of nitrogens with one attached hydrogen (secondary N) is 1. The van der Waals surface area contributed by atoms with Crippen LogP contribution >= 0.6 is 0 Å². The number of hydrogen-bond donors (Lipinski definition) is 1. The van der Waals surface area contributed by atoms with E-state index in [4.69, 9.17) is 0 Å². The van der Waals surface area contributed by atoms with Gasteiger partial charge in [-0.3, -0.25) is 4.90 Å². The third kappa shape index (κ3) is 3.56. The molecule has 1 aromatic carbocycles. The van der Waals surface area contributed by atoms with Gasteiger partial charge in [0, 0.05) is 32.2 Å². The van der Waals surface area contributed by atoms with Gasteiger partial charge in [-0.05, 0) is 24.3 Å². The SMILES string of the molecule is c1ccc(CN2CCNC(CCC3CC3)C2)cc1. The van der Waals surface area contributed by atoms with Crippen LogP contribution < -0.4 is 5.32 Å². The zero-order chi connectivity index (χ0) is 12.2. The molecule has 3 rings (SSSR count). The fraction of sp³-hybridized carbons (Fsp3) is 0.625. The van der Waals surface area contributed by atoms with Gasteiger partial charge in [-0.15, -0.1) is 0 Å². The van der Waals surface area contributed by atoms with E-state index < -0.39 is 0 Å². The zero-order valence-corrected chi connectivity index (χ0v) is 11.1. The van der Waals surface area contributed by atoms with Crippen LogP contribution in [0.5, 0.6) is 0 Å². The molecule has 1 N–H and O–H groups in total. The van der Waals surface area contributed by atoms with Crippen molar-refractivity contribution in [2.75, 3.05) is 19.6 Å². The molecule has 1 saturated heterocycles. The Morgan fingerprint density at radius 2 is 1.94 bits per heavy atom. The third-order valence-corrected chi connectivity index (χ3v) is 4.21. The molecule has 0 radical (unpaired) electrons. The summed E-state index contributed by atoms with van der Waals surface area (Å²) in [6.45, 7) is 4.68. The van der Waals surface area contributed by atoms with E-state index >= 15 is 0 Å². The van der Waals surface area contributed by atoms with Crippen molar-refractivity contribution >= 4 is 0 Å². The molecule has 1 saturated carbocycles. The highest BCUT2D eigenvalue weighted by atomic mass is 15.2. The Balaban J connectivity index is 1.47. The minimum atomic E-state index is 0.725. The van der Waals surface area contributed by atoms with Crippen molar-refractivity contribution in [1.82, 2.24) is 10.2 Å². The van der Waals surface area contributed by atoms with E-state index in [1.165, 1.54) is 44.3 Å². The van der Waals surface area contributed by atoms with Gasteiger partial charge in [0.05, 0.1) is 0 Å². The lowest BCUT2D eigenvalue weighted by molar-refractivity contribution is 0.185. The second kappa shape index (κ2) is 5.85. The van der Waals surface area contributed by atoms with Crippen molar-refractivity contribution in [2.24, 2.45) is 5.92 Å². The average molecular weight is 244 g/mol. The maximum atomic E-state index is 3.68. The minimum absolute atomic E-state index is 0.725. The predicted molar refractivity (Wildman–Crippen MR) is 75.5 cm³/mol. The molecule has 1 unspecified atom stereocenters. The molecule has 18 heavy (non-hydrogen) atoms. The fourth-order valence-electron chi connectivity index (χ4n) is 2.92. The molecular weight excluding hydrogens is 220 g/mol. The predicted octanol–water partition coefficient (Wildman–Crippen LogP) is 2.65. The molecule has 0 bridgehead atoms. The number of piperazine rings is 1. The molecular formula is C16H24N2. The van der Waals surface area contributed by atoms with Crippen LogP contribution in [0.1, 0.15) is 31.2 Å². The Morgan fingerprint density at radius 3 is 2.72 bits per heavy atom. The monoisotopic (exact) mass is 244 g/mol. The van der Waals surface area contributed by atoms with Crippen molar-refractivity contribution in [3.05, 3.63) is 35.9 Å². The van der Waals surface area contributed by atoms with E-state index in [1.54, 1.807) is 0 Å². The summed E-state index contributed by atoms with van der Waals surface area (Å²) < 4.78 is 0. The topological polar surface area (TPSA) is 15.3 Å². The standard InChI is InChI=1S/C16H24N2/c1-2-4-15(5-3-1)12-18-11-10-17-16(13-18)9-8-14-6-7-14/h1-5,14,16-17H,6-13H2. The first-order valence-corrected chi connectivity index (χ1v) is 7.40. The number of nitrogens with zero attached hydrogens (tertiary/aromatic N) is 1. The lowest BCUT2D eigenvalue weighted by Crippen LogP contribution is -2.50. The highest BCUT2D eigenvalue weighted by Crippen LogP contribution is 2.34. The van der Waals surface area contributed by atoms with Crippen LogP contribution in [-0.2, 0) is 6.54 Å². The van der Waals surface area contributed by atoms with Crippen molar-refractivity contribution in [3.8, 4) is 0 Å². The zero-order valence-electron chi connectivity index (χ0n) is 11.1. The molecule has 1 atom stereocenters. The maximum Gasteiger partial charge on any atom is 0.0234 e. The van der Waals surface area contributed by atoms with Crippen LogP contribution in [0.2, 0.25) is 0 Å². The Bertz CT molecular complexity index is 359. The van der Waals surface area contributed by atoms with Crippen LogP contribution in [-0.4, -0.2) is 30.6 Å². The first kappa shape index (κ1) is 12.2. The summed E-state index contributed by atoms with van der Waals surface area (Å²) in [5.41, 5.74) is 1.44. The van der Waals surface area contributed by atoms with Crippen LogP contribution in [0, 0.1) is 5.92 Å². The number of hydrogen-bond acceptors (Lipinski definition) is 2. The highest BCUT2D eigenvalue weighted by molar-refractivity contribution is 5.14.